The first-order valence-electron chi connectivity index (χ1n) is 12.6. The van der Waals surface area contributed by atoms with Gasteiger partial charge < -0.3 is 8.94 Å². The van der Waals surface area contributed by atoms with Crippen LogP contribution in [0.25, 0.3) is 39.7 Å². The Morgan fingerprint density at radius 2 is 1.68 bits per heavy atom. The maximum Gasteiger partial charge on any atom is 0.267 e. The Morgan fingerprint density at radius 3 is 2.41 bits per heavy atom. The molecule has 0 saturated heterocycles. The van der Waals surface area contributed by atoms with Crippen molar-refractivity contribution in [3.05, 3.63) is 96.5 Å². The van der Waals surface area contributed by atoms with Gasteiger partial charge in [0.2, 0.25) is 11.8 Å². The minimum absolute atomic E-state index is 0.0956. The van der Waals surface area contributed by atoms with Gasteiger partial charge in [-0.05, 0) is 45.0 Å². The summed E-state index contributed by atoms with van der Waals surface area (Å²) in [6.07, 6.45) is 8.11. The van der Waals surface area contributed by atoms with Crippen LogP contribution in [0.3, 0.4) is 0 Å². The monoisotopic (exact) mass is 567 g/mol. The summed E-state index contributed by atoms with van der Waals surface area (Å²) in [4.78, 5) is 13.1. The van der Waals surface area contributed by atoms with Gasteiger partial charge in [0.15, 0.2) is 0 Å². The smallest absolute Gasteiger partial charge is 0.267 e. The maximum absolute atomic E-state index is 14.0. The lowest BCUT2D eigenvalue weighted by Gasteiger charge is -2.20. The minimum Gasteiger partial charge on any atom is -0.445 e. The van der Waals surface area contributed by atoms with E-state index < -0.39 is 10.0 Å². The molecule has 0 unspecified atom stereocenters. The Hall–Kier alpha value is -5.10. The first-order valence-corrected chi connectivity index (χ1v) is 14.1. The van der Waals surface area contributed by atoms with Crippen LogP contribution in [0.5, 0.6) is 0 Å². The van der Waals surface area contributed by atoms with Crippen LogP contribution in [0.1, 0.15) is 17.0 Å². The summed E-state index contributed by atoms with van der Waals surface area (Å²) >= 11 is 0. The Morgan fingerprint density at radius 1 is 0.878 bits per heavy atom. The van der Waals surface area contributed by atoms with Gasteiger partial charge in [-0.15, -0.1) is 0 Å². The van der Waals surface area contributed by atoms with E-state index in [4.69, 9.17) is 14.0 Å². The number of aromatic nitrogens is 6. The van der Waals surface area contributed by atoms with Gasteiger partial charge in [0.1, 0.15) is 17.7 Å². The van der Waals surface area contributed by atoms with Gasteiger partial charge in [-0.2, -0.15) is 5.10 Å². The number of nitrogens with zero attached hydrogens (tertiary/aromatic N) is 7. The van der Waals surface area contributed by atoms with E-state index in [1.54, 1.807) is 67.6 Å². The van der Waals surface area contributed by atoms with Crippen LogP contribution in [0.2, 0.25) is 0 Å². The zero-order valence-electron chi connectivity index (χ0n) is 22.7. The molecule has 11 nitrogen and oxygen atoms in total. The molecule has 0 fully saturated rings. The van der Waals surface area contributed by atoms with Crippen molar-refractivity contribution in [3.8, 4) is 39.7 Å². The van der Waals surface area contributed by atoms with Crippen molar-refractivity contribution in [2.45, 2.75) is 25.7 Å². The Balaban J connectivity index is 1.53. The molecule has 12 heteroatoms. The van der Waals surface area contributed by atoms with Crippen molar-refractivity contribution in [3.63, 3.8) is 0 Å². The molecule has 0 amide bonds. The van der Waals surface area contributed by atoms with Crippen molar-refractivity contribution in [2.24, 2.45) is 0 Å². The maximum atomic E-state index is 14.0. The first kappa shape index (κ1) is 26.1. The van der Waals surface area contributed by atoms with Gasteiger partial charge in [0.25, 0.3) is 10.0 Å². The number of oxazole rings is 1. The van der Waals surface area contributed by atoms with E-state index in [0.29, 0.717) is 50.9 Å². The third-order valence-corrected chi connectivity index (χ3v) is 8.67. The fourth-order valence-electron chi connectivity index (χ4n) is 4.56. The van der Waals surface area contributed by atoms with Crippen molar-refractivity contribution in [2.75, 3.05) is 11.4 Å². The molecular formula is C29H25N7O4S. The molecule has 6 aromatic rings. The SMILES string of the molecule is Cc1nccnc1-c1ccn(-c2cc(-c3ncco3)ccc2-c2ccccc2S(=O)(=O)N(C)c2onc(C)c2C)n1. The van der Waals surface area contributed by atoms with Gasteiger partial charge >= 0.3 is 0 Å². The third-order valence-electron chi connectivity index (χ3n) is 6.87. The van der Waals surface area contributed by atoms with E-state index in [-0.39, 0.29) is 10.8 Å². The van der Waals surface area contributed by atoms with Crippen LogP contribution in [-0.2, 0) is 10.0 Å². The van der Waals surface area contributed by atoms with E-state index in [9.17, 15) is 8.42 Å². The summed E-state index contributed by atoms with van der Waals surface area (Å²) in [6.45, 7) is 5.40. The quantitative estimate of drug-likeness (QED) is 0.249. The van der Waals surface area contributed by atoms with Crippen LogP contribution < -0.4 is 4.31 Å². The Bertz CT molecular complexity index is 1980. The molecular weight excluding hydrogens is 542 g/mol. The standard InChI is InChI=1S/C29H25N7O4S/c1-18-19(2)34-40-29(18)35(4)41(37,38)26-8-6-5-7-23(26)22-10-9-21(28-32-14-16-39-28)17-25(22)36-15-11-24(33-36)27-20(3)30-12-13-31-27/h5-17H,1-4H3. The van der Waals surface area contributed by atoms with Crippen LogP contribution in [0.15, 0.2) is 93.4 Å². The fourth-order valence-corrected chi connectivity index (χ4v) is 5.95. The Kier molecular flexibility index (Phi) is 6.46. The molecule has 0 spiro atoms. The molecule has 4 heterocycles. The number of rotatable bonds is 7. The van der Waals surface area contributed by atoms with Crippen molar-refractivity contribution >= 4 is 15.9 Å². The summed E-state index contributed by atoms with van der Waals surface area (Å²) in [5.41, 5.74) is 5.71. The van der Waals surface area contributed by atoms with E-state index in [1.807, 2.05) is 31.2 Å². The number of aryl methyl sites for hydroxylation is 2. The van der Waals surface area contributed by atoms with Crippen molar-refractivity contribution < 1.29 is 17.4 Å². The highest BCUT2D eigenvalue weighted by molar-refractivity contribution is 7.93. The highest BCUT2D eigenvalue weighted by Crippen LogP contribution is 2.37. The van der Waals surface area contributed by atoms with E-state index >= 15 is 0 Å². The van der Waals surface area contributed by atoms with Crippen LogP contribution >= 0.6 is 0 Å². The molecule has 4 aromatic heterocycles. The van der Waals surface area contributed by atoms with Gasteiger partial charge in [-0.3, -0.25) is 9.97 Å². The van der Waals surface area contributed by atoms with E-state index in [2.05, 4.69) is 20.1 Å². The average Bonchev–Trinajstić information content (AvgIpc) is 3.76. The summed E-state index contributed by atoms with van der Waals surface area (Å²) in [5.74, 6) is 0.583. The predicted molar refractivity (Wildman–Crippen MR) is 152 cm³/mol. The number of hydrogen-bond donors (Lipinski definition) is 0. The zero-order chi connectivity index (χ0) is 28.7. The second-order valence-electron chi connectivity index (χ2n) is 9.37. The van der Waals surface area contributed by atoms with Gasteiger partial charge in [0, 0.05) is 47.9 Å². The van der Waals surface area contributed by atoms with E-state index in [0.717, 1.165) is 10.00 Å². The van der Waals surface area contributed by atoms with Gasteiger partial charge in [-0.1, -0.05) is 29.4 Å². The topological polar surface area (TPSA) is 133 Å². The molecule has 0 saturated carbocycles. The molecule has 0 aliphatic carbocycles. The predicted octanol–water partition coefficient (Wildman–Crippen LogP) is 5.39. The molecule has 0 aliphatic heterocycles. The van der Waals surface area contributed by atoms with Crippen LogP contribution in [0, 0.1) is 20.8 Å². The molecule has 0 atom stereocenters. The lowest BCUT2D eigenvalue weighted by Crippen LogP contribution is -2.27. The number of benzene rings is 2. The summed E-state index contributed by atoms with van der Waals surface area (Å²) < 4.78 is 41.7. The lowest BCUT2D eigenvalue weighted by molar-refractivity contribution is 0.422. The molecule has 6 rings (SSSR count). The van der Waals surface area contributed by atoms with Gasteiger partial charge in [0.05, 0.1) is 28.2 Å². The summed E-state index contributed by atoms with van der Waals surface area (Å²) in [6, 6.07) is 14.2. The van der Waals surface area contributed by atoms with Crippen molar-refractivity contribution in [1.82, 2.24) is 29.9 Å². The Labute approximate surface area is 236 Å². The number of hydrogen-bond acceptors (Lipinski definition) is 9. The lowest BCUT2D eigenvalue weighted by atomic mass is 10.0. The molecule has 2 aromatic carbocycles. The summed E-state index contributed by atoms with van der Waals surface area (Å²) in [5, 5.41) is 8.72. The van der Waals surface area contributed by atoms with Crippen molar-refractivity contribution in [1.29, 1.82) is 0 Å². The minimum atomic E-state index is -4.05. The van der Waals surface area contributed by atoms with Gasteiger partial charge in [-0.25, -0.2) is 22.4 Å². The number of sulfonamides is 1. The normalized spacial score (nSPS) is 11.6. The first-order chi connectivity index (χ1) is 19.8. The van der Waals surface area contributed by atoms with Crippen LogP contribution in [0.4, 0.5) is 5.88 Å². The van der Waals surface area contributed by atoms with E-state index in [1.165, 1.54) is 13.3 Å². The molecule has 41 heavy (non-hydrogen) atoms. The molecule has 0 aliphatic rings. The largest absolute Gasteiger partial charge is 0.445 e. The third kappa shape index (κ3) is 4.57. The second kappa shape index (κ2) is 10.1. The fraction of sp³-hybridized carbons (Fsp3) is 0.138. The molecule has 0 bridgehead atoms. The molecule has 0 radical (unpaired) electrons. The molecule has 206 valence electrons. The number of anilines is 1. The average molecular weight is 568 g/mol. The second-order valence-corrected chi connectivity index (χ2v) is 11.3. The highest BCUT2D eigenvalue weighted by atomic mass is 32.2. The molecule has 0 N–H and O–H groups in total. The zero-order valence-corrected chi connectivity index (χ0v) is 23.5. The summed E-state index contributed by atoms with van der Waals surface area (Å²) in [7, 11) is -2.60. The van der Waals surface area contributed by atoms with Crippen LogP contribution in [-0.4, -0.2) is 45.4 Å². The highest BCUT2D eigenvalue weighted by Gasteiger charge is 2.30.